The van der Waals surface area contributed by atoms with Gasteiger partial charge in [-0.15, -0.1) is 0 Å². The average molecular weight is 343 g/mol. The van der Waals surface area contributed by atoms with Crippen molar-refractivity contribution in [3.63, 3.8) is 0 Å². The third-order valence-corrected chi connectivity index (χ3v) is 3.53. The van der Waals surface area contributed by atoms with Crippen LogP contribution >= 0.6 is 0 Å². The van der Waals surface area contributed by atoms with Crippen LogP contribution in [0.3, 0.4) is 0 Å². The summed E-state index contributed by atoms with van der Waals surface area (Å²) < 4.78 is 15.2. The summed E-state index contributed by atoms with van der Waals surface area (Å²) >= 11 is 0. The third kappa shape index (κ3) is 5.84. The number of hydrogen-bond donors (Lipinski definition) is 0. The number of methoxy groups -OCH3 is 2. The van der Waals surface area contributed by atoms with Crippen molar-refractivity contribution in [1.29, 1.82) is 0 Å². The largest absolute Gasteiger partial charge is 0.489 e. The Balaban J connectivity index is 2.11. The van der Waals surface area contributed by atoms with E-state index in [-0.39, 0.29) is 13.1 Å². The predicted octanol–water partition coefficient (Wildman–Crippen LogP) is 2.42. The molecule has 0 amide bonds. The highest BCUT2D eigenvalue weighted by Gasteiger charge is 2.16. The van der Waals surface area contributed by atoms with Gasteiger partial charge < -0.3 is 19.1 Å². The van der Waals surface area contributed by atoms with E-state index in [0.29, 0.717) is 18.0 Å². The van der Waals surface area contributed by atoms with E-state index in [0.717, 1.165) is 5.56 Å². The number of carbonyl (C=O) groups is 2. The van der Waals surface area contributed by atoms with E-state index in [1.807, 2.05) is 36.4 Å². The zero-order valence-electron chi connectivity index (χ0n) is 14.3. The zero-order valence-corrected chi connectivity index (χ0v) is 14.3. The first-order valence-electron chi connectivity index (χ1n) is 7.77. The summed E-state index contributed by atoms with van der Waals surface area (Å²) in [6.07, 6.45) is 0. The minimum atomic E-state index is -0.445. The van der Waals surface area contributed by atoms with Crippen molar-refractivity contribution in [2.45, 2.75) is 6.61 Å². The van der Waals surface area contributed by atoms with Crippen LogP contribution in [-0.2, 0) is 25.7 Å². The summed E-state index contributed by atoms with van der Waals surface area (Å²) in [7, 11) is 2.61. The Hall–Kier alpha value is -3.02. The number of nitrogens with zero attached hydrogens (tertiary/aromatic N) is 1. The van der Waals surface area contributed by atoms with Gasteiger partial charge in [0.1, 0.15) is 25.4 Å². The van der Waals surface area contributed by atoms with Crippen LogP contribution in [0.15, 0.2) is 54.6 Å². The van der Waals surface area contributed by atoms with Gasteiger partial charge in [-0.2, -0.15) is 0 Å². The Morgan fingerprint density at radius 1 is 0.880 bits per heavy atom. The molecule has 2 rings (SSSR count). The van der Waals surface area contributed by atoms with Gasteiger partial charge in [0.15, 0.2) is 0 Å². The summed E-state index contributed by atoms with van der Waals surface area (Å²) in [5, 5.41) is 0. The molecule has 0 aliphatic carbocycles. The smallest absolute Gasteiger partial charge is 0.325 e. The number of anilines is 1. The van der Waals surface area contributed by atoms with E-state index in [9.17, 15) is 9.59 Å². The molecule has 0 unspecified atom stereocenters. The highest BCUT2D eigenvalue weighted by Crippen LogP contribution is 2.22. The molecule has 132 valence electrons. The molecule has 0 aliphatic rings. The Morgan fingerprint density at radius 2 is 1.52 bits per heavy atom. The van der Waals surface area contributed by atoms with Crippen LogP contribution in [0.5, 0.6) is 5.75 Å². The summed E-state index contributed by atoms with van der Waals surface area (Å²) in [5.41, 5.74) is 1.72. The number of hydrogen-bond acceptors (Lipinski definition) is 6. The predicted molar refractivity (Wildman–Crippen MR) is 93.5 cm³/mol. The maximum absolute atomic E-state index is 11.6. The molecule has 2 aromatic carbocycles. The first-order valence-corrected chi connectivity index (χ1v) is 7.77. The molecule has 6 heteroatoms. The van der Waals surface area contributed by atoms with Crippen LogP contribution in [0.4, 0.5) is 5.69 Å². The summed E-state index contributed by atoms with van der Waals surface area (Å²) in [6.45, 7) is 0.305. The molecule has 0 aromatic heterocycles. The van der Waals surface area contributed by atoms with E-state index in [1.54, 1.807) is 23.1 Å². The molecular formula is C19H21NO5. The molecule has 0 bridgehead atoms. The second-order valence-electron chi connectivity index (χ2n) is 5.28. The monoisotopic (exact) mass is 343 g/mol. The highest BCUT2D eigenvalue weighted by atomic mass is 16.5. The lowest BCUT2D eigenvalue weighted by molar-refractivity contribution is -0.140. The van der Waals surface area contributed by atoms with Crippen LogP contribution in [0.1, 0.15) is 5.56 Å². The van der Waals surface area contributed by atoms with Crippen LogP contribution in [0.2, 0.25) is 0 Å². The molecule has 0 atom stereocenters. The van der Waals surface area contributed by atoms with Gasteiger partial charge >= 0.3 is 11.9 Å². The fourth-order valence-corrected chi connectivity index (χ4v) is 2.19. The van der Waals surface area contributed by atoms with Gasteiger partial charge in [-0.05, 0) is 17.7 Å². The van der Waals surface area contributed by atoms with E-state index >= 15 is 0 Å². The van der Waals surface area contributed by atoms with Crippen molar-refractivity contribution in [3.8, 4) is 5.75 Å². The summed E-state index contributed by atoms with van der Waals surface area (Å²) in [4.78, 5) is 24.8. The molecule has 0 saturated carbocycles. The average Bonchev–Trinajstić information content (AvgIpc) is 2.66. The van der Waals surface area contributed by atoms with Crippen molar-refractivity contribution in [2.75, 3.05) is 32.2 Å². The second kappa shape index (κ2) is 9.32. The number of ether oxygens (including phenoxy) is 3. The van der Waals surface area contributed by atoms with Crippen LogP contribution in [-0.4, -0.2) is 39.2 Å². The molecule has 0 fully saturated rings. The topological polar surface area (TPSA) is 65.1 Å². The van der Waals surface area contributed by atoms with Crippen molar-refractivity contribution in [3.05, 3.63) is 60.2 Å². The molecule has 2 aromatic rings. The molecule has 0 saturated heterocycles. The SMILES string of the molecule is COC(=O)CN(CC(=O)OC)c1cccc(OCc2ccccc2)c1. The van der Waals surface area contributed by atoms with Gasteiger partial charge in [0.25, 0.3) is 0 Å². The fraction of sp³-hybridized carbons (Fsp3) is 0.263. The minimum Gasteiger partial charge on any atom is -0.489 e. The molecule has 0 spiro atoms. The third-order valence-electron chi connectivity index (χ3n) is 3.53. The van der Waals surface area contributed by atoms with Crippen molar-refractivity contribution in [1.82, 2.24) is 0 Å². The van der Waals surface area contributed by atoms with E-state index in [1.165, 1.54) is 14.2 Å². The molecule has 25 heavy (non-hydrogen) atoms. The highest BCUT2D eigenvalue weighted by molar-refractivity contribution is 5.81. The lowest BCUT2D eigenvalue weighted by atomic mass is 10.2. The van der Waals surface area contributed by atoms with Gasteiger partial charge in [0.2, 0.25) is 0 Å². The summed E-state index contributed by atoms with van der Waals surface area (Å²) in [5.74, 6) is -0.250. The van der Waals surface area contributed by atoms with Gasteiger partial charge in [-0.25, -0.2) is 0 Å². The standard InChI is InChI=1S/C19H21NO5/c1-23-18(21)12-20(13-19(22)24-2)16-9-6-10-17(11-16)25-14-15-7-4-3-5-8-15/h3-11H,12-14H2,1-2H3. The quantitative estimate of drug-likeness (QED) is 0.686. The molecular weight excluding hydrogens is 322 g/mol. The molecule has 0 N–H and O–H groups in total. The van der Waals surface area contributed by atoms with Crippen LogP contribution < -0.4 is 9.64 Å². The molecule has 0 heterocycles. The van der Waals surface area contributed by atoms with Crippen molar-refractivity contribution >= 4 is 17.6 Å². The number of carbonyl (C=O) groups excluding carboxylic acids is 2. The second-order valence-corrected chi connectivity index (χ2v) is 5.28. The summed E-state index contributed by atoms with van der Waals surface area (Å²) in [6, 6.07) is 17.0. The van der Waals surface area contributed by atoms with Crippen LogP contribution in [0.25, 0.3) is 0 Å². The molecule has 0 aliphatic heterocycles. The zero-order chi connectivity index (χ0) is 18.1. The number of benzene rings is 2. The Kier molecular flexibility index (Phi) is 6.83. The minimum absolute atomic E-state index is 0.0618. The van der Waals surface area contributed by atoms with Crippen molar-refractivity contribution in [2.24, 2.45) is 0 Å². The lowest BCUT2D eigenvalue weighted by Gasteiger charge is -2.22. The van der Waals surface area contributed by atoms with E-state index < -0.39 is 11.9 Å². The van der Waals surface area contributed by atoms with Gasteiger partial charge in [0.05, 0.1) is 14.2 Å². The Labute approximate surface area is 146 Å². The Morgan fingerprint density at radius 3 is 2.12 bits per heavy atom. The number of esters is 2. The van der Waals surface area contributed by atoms with Gasteiger partial charge in [-0.3, -0.25) is 9.59 Å². The Bertz CT molecular complexity index is 684. The van der Waals surface area contributed by atoms with Crippen molar-refractivity contribution < 1.29 is 23.8 Å². The molecule has 0 radical (unpaired) electrons. The van der Waals surface area contributed by atoms with E-state index in [4.69, 9.17) is 4.74 Å². The van der Waals surface area contributed by atoms with E-state index in [2.05, 4.69) is 9.47 Å². The normalized spacial score (nSPS) is 10.0. The number of rotatable bonds is 8. The van der Waals surface area contributed by atoms with Gasteiger partial charge in [-0.1, -0.05) is 36.4 Å². The maximum atomic E-state index is 11.6. The molecule has 6 nitrogen and oxygen atoms in total. The first-order chi connectivity index (χ1) is 12.1. The maximum Gasteiger partial charge on any atom is 0.325 e. The van der Waals surface area contributed by atoms with Crippen LogP contribution in [0, 0.1) is 0 Å². The fourth-order valence-electron chi connectivity index (χ4n) is 2.19. The lowest BCUT2D eigenvalue weighted by Crippen LogP contribution is -2.35. The van der Waals surface area contributed by atoms with Gasteiger partial charge in [0, 0.05) is 11.8 Å². The first kappa shape index (κ1) is 18.3.